The fourth-order valence-electron chi connectivity index (χ4n) is 0.854. The predicted octanol–water partition coefficient (Wildman–Crippen LogP) is 3.99. The van der Waals surface area contributed by atoms with E-state index in [1.54, 1.807) is 0 Å². The average Bonchev–Trinajstić information content (AvgIpc) is 2.08. The van der Waals surface area contributed by atoms with Crippen molar-refractivity contribution in [2.75, 3.05) is 0 Å². The van der Waals surface area contributed by atoms with Gasteiger partial charge in [-0.25, -0.2) is 0 Å². The molecule has 0 saturated carbocycles. The van der Waals surface area contributed by atoms with Crippen molar-refractivity contribution < 1.29 is 0 Å². The Hall–Kier alpha value is -0.370. The lowest BCUT2D eigenvalue weighted by molar-refractivity contribution is 0.856. The predicted molar refractivity (Wildman–Crippen MR) is 57.4 cm³/mol. The minimum absolute atomic E-state index is 0.567. The van der Waals surface area contributed by atoms with Gasteiger partial charge in [0.25, 0.3) is 0 Å². The molecule has 0 atom stereocenters. The Morgan fingerprint density at radius 1 is 1.33 bits per heavy atom. The van der Waals surface area contributed by atoms with Crippen molar-refractivity contribution in [3.8, 4) is 0 Å². The molecule has 1 rings (SSSR count). The molecule has 0 aromatic carbocycles. The number of nitrogens with zero attached hydrogens (tertiary/aromatic N) is 1. The van der Waals surface area contributed by atoms with Gasteiger partial charge in [-0.2, -0.15) is 0 Å². The van der Waals surface area contributed by atoms with Gasteiger partial charge in [0.2, 0.25) is 0 Å². The van der Waals surface area contributed by atoms with E-state index in [9.17, 15) is 0 Å². The molecule has 0 saturated heterocycles. The molecule has 0 aliphatic heterocycles. The molecule has 0 amide bonds. The van der Waals surface area contributed by atoms with Crippen LogP contribution in [0.3, 0.4) is 0 Å². The van der Waals surface area contributed by atoms with Crippen molar-refractivity contribution in [1.82, 2.24) is 4.98 Å². The van der Waals surface area contributed by atoms with Crippen LogP contribution in [-0.4, -0.2) is 4.98 Å². The van der Waals surface area contributed by atoms with Crippen molar-refractivity contribution in [1.29, 1.82) is 0 Å². The highest BCUT2D eigenvalue weighted by atomic mass is 79.9. The van der Waals surface area contributed by atoms with Gasteiger partial charge in [0.1, 0.15) is 0 Å². The molecule has 1 nitrogen and oxygen atoms in total. The topological polar surface area (TPSA) is 12.9 Å². The third kappa shape index (κ3) is 3.35. The zero-order valence-corrected chi connectivity index (χ0v) is 9.72. The Morgan fingerprint density at radius 3 is 2.25 bits per heavy atom. The summed E-state index contributed by atoms with van der Waals surface area (Å²) in [4.78, 5) is 3.98. The monoisotopic (exact) mass is 229 g/mol. The minimum Gasteiger partial charge on any atom is -0.264 e. The molecule has 0 radical (unpaired) electrons. The van der Waals surface area contributed by atoms with Crippen LogP contribution in [0.15, 0.2) is 22.9 Å². The second-order valence-electron chi connectivity index (χ2n) is 2.55. The SMILES string of the molecule is CC.CC(C)c1ccncc1Br. The number of aromatic nitrogens is 1. The van der Waals surface area contributed by atoms with Crippen LogP contribution in [0.25, 0.3) is 0 Å². The largest absolute Gasteiger partial charge is 0.264 e. The fraction of sp³-hybridized carbons (Fsp3) is 0.500. The van der Waals surface area contributed by atoms with Gasteiger partial charge in [-0.05, 0) is 33.5 Å². The van der Waals surface area contributed by atoms with Crippen molar-refractivity contribution >= 4 is 15.9 Å². The van der Waals surface area contributed by atoms with E-state index >= 15 is 0 Å². The molecular formula is C10H16BrN. The first-order valence-corrected chi connectivity index (χ1v) is 5.10. The van der Waals surface area contributed by atoms with Crippen LogP contribution in [0.2, 0.25) is 0 Å². The molecule has 0 bridgehead atoms. The highest BCUT2D eigenvalue weighted by Crippen LogP contribution is 2.22. The molecule has 0 unspecified atom stereocenters. The molecule has 0 spiro atoms. The van der Waals surface area contributed by atoms with Crippen LogP contribution in [0.5, 0.6) is 0 Å². The first-order chi connectivity index (χ1) is 5.72. The van der Waals surface area contributed by atoms with Gasteiger partial charge in [0, 0.05) is 16.9 Å². The Labute approximate surface area is 83.3 Å². The van der Waals surface area contributed by atoms with Crippen LogP contribution >= 0.6 is 15.9 Å². The number of hydrogen-bond acceptors (Lipinski definition) is 1. The van der Waals surface area contributed by atoms with Crippen LogP contribution in [0.1, 0.15) is 39.2 Å². The smallest absolute Gasteiger partial charge is 0.0413 e. The normalized spacial score (nSPS) is 9.17. The van der Waals surface area contributed by atoms with Crippen molar-refractivity contribution in [3.63, 3.8) is 0 Å². The molecule has 1 heterocycles. The fourth-order valence-corrected chi connectivity index (χ4v) is 1.56. The lowest BCUT2D eigenvalue weighted by atomic mass is 10.1. The van der Waals surface area contributed by atoms with Crippen LogP contribution in [0.4, 0.5) is 0 Å². The van der Waals surface area contributed by atoms with Gasteiger partial charge in [-0.15, -0.1) is 0 Å². The van der Waals surface area contributed by atoms with E-state index in [0.717, 1.165) is 4.47 Å². The van der Waals surface area contributed by atoms with Crippen LogP contribution in [-0.2, 0) is 0 Å². The van der Waals surface area contributed by atoms with Gasteiger partial charge < -0.3 is 0 Å². The van der Waals surface area contributed by atoms with Gasteiger partial charge in [0.15, 0.2) is 0 Å². The molecule has 1 aromatic heterocycles. The highest BCUT2D eigenvalue weighted by molar-refractivity contribution is 9.10. The molecular weight excluding hydrogens is 214 g/mol. The van der Waals surface area contributed by atoms with Crippen LogP contribution < -0.4 is 0 Å². The van der Waals surface area contributed by atoms with Gasteiger partial charge in [-0.3, -0.25) is 4.98 Å². The van der Waals surface area contributed by atoms with E-state index in [1.165, 1.54) is 5.56 Å². The van der Waals surface area contributed by atoms with E-state index in [2.05, 4.69) is 34.8 Å². The first-order valence-electron chi connectivity index (χ1n) is 4.31. The van der Waals surface area contributed by atoms with E-state index in [0.29, 0.717) is 5.92 Å². The van der Waals surface area contributed by atoms with Gasteiger partial charge in [0.05, 0.1) is 0 Å². The summed E-state index contributed by atoms with van der Waals surface area (Å²) in [5.41, 5.74) is 1.31. The third-order valence-corrected chi connectivity index (χ3v) is 2.09. The zero-order chi connectivity index (χ0) is 9.56. The number of halogens is 1. The molecule has 0 fully saturated rings. The maximum atomic E-state index is 3.98. The van der Waals surface area contributed by atoms with Crippen LogP contribution in [0, 0.1) is 0 Å². The summed E-state index contributed by atoms with van der Waals surface area (Å²) in [6, 6.07) is 2.04. The van der Waals surface area contributed by atoms with Crippen molar-refractivity contribution in [2.24, 2.45) is 0 Å². The Balaban J connectivity index is 0.000000561. The van der Waals surface area contributed by atoms with E-state index in [-0.39, 0.29) is 0 Å². The Morgan fingerprint density at radius 2 is 1.92 bits per heavy atom. The maximum absolute atomic E-state index is 3.98. The number of pyridine rings is 1. The van der Waals surface area contributed by atoms with Crippen molar-refractivity contribution in [3.05, 3.63) is 28.5 Å². The zero-order valence-electron chi connectivity index (χ0n) is 8.13. The molecule has 0 aliphatic rings. The first kappa shape index (κ1) is 11.6. The van der Waals surface area contributed by atoms with E-state index < -0.39 is 0 Å². The minimum atomic E-state index is 0.567. The Kier molecular flexibility index (Phi) is 5.99. The summed E-state index contributed by atoms with van der Waals surface area (Å²) in [5.74, 6) is 0.567. The third-order valence-electron chi connectivity index (χ3n) is 1.43. The van der Waals surface area contributed by atoms with E-state index in [4.69, 9.17) is 0 Å². The standard InChI is InChI=1S/C8H10BrN.C2H6/c1-6(2)7-3-4-10-5-8(7)9;1-2/h3-6H,1-2H3;1-2H3. The molecule has 0 N–H and O–H groups in total. The second kappa shape index (κ2) is 6.18. The molecule has 1 aromatic rings. The quantitative estimate of drug-likeness (QED) is 0.710. The number of rotatable bonds is 1. The average molecular weight is 230 g/mol. The summed E-state index contributed by atoms with van der Waals surface area (Å²) in [6.45, 7) is 8.33. The summed E-state index contributed by atoms with van der Waals surface area (Å²) in [5, 5.41) is 0. The maximum Gasteiger partial charge on any atom is 0.0413 e. The summed E-state index contributed by atoms with van der Waals surface area (Å²) < 4.78 is 1.10. The lowest BCUT2D eigenvalue weighted by Crippen LogP contribution is -1.88. The molecule has 2 heteroatoms. The summed E-state index contributed by atoms with van der Waals surface area (Å²) >= 11 is 3.43. The highest BCUT2D eigenvalue weighted by Gasteiger charge is 2.01. The number of hydrogen-bond donors (Lipinski definition) is 0. The Bertz CT molecular complexity index is 221. The van der Waals surface area contributed by atoms with Gasteiger partial charge >= 0.3 is 0 Å². The molecule has 12 heavy (non-hydrogen) atoms. The summed E-state index contributed by atoms with van der Waals surface area (Å²) in [7, 11) is 0. The van der Waals surface area contributed by atoms with Gasteiger partial charge in [-0.1, -0.05) is 27.7 Å². The summed E-state index contributed by atoms with van der Waals surface area (Å²) in [6.07, 6.45) is 3.65. The lowest BCUT2D eigenvalue weighted by Gasteiger charge is -2.05. The molecule has 0 aliphatic carbocycles. The second-order valence-corrected chi connectivity index (χ2v) is 3.41. The van der Waals surface area contributed by atoms with E-state index in [1.807, 2.05) is 32.3 Å². The van der Waals surface area contributed by atoms with Crippen molar-refractivity contribution in [2.45, 2.75) is 33.6 Å². The molecule has 68 valence electrons.